The van der Waals surface area contributed by atoms with Crippen LogP contribution in [0, 0.1) is 10.1 Å². The Morgan fingerprint density at radius 1 is 1.55 bits per heavy atom. The van der Waals surface area contributed by atoms with E-state index >= 15 is 0 Å². The van der Waals surface area contributed by atoms with Crippen molar-refractivity contribution in [3.05, 3.63) is 44.4 Å². The van der Waals surface area contributed by atoms with Gasteiger partial charge in [-0.05, 0) is 23.9 Å². The summed E-state index contributed by atoms with van der Waals surface area (Å²) in [5.74, 6) is -1.25. The number of carboxylic acid groups (broad SMARTS) is 1. The Morgan fingerprint density at radius 3 is 2.75 bits per heavy atom. The lowest BCUT2D eigenvalue weighted by atomic mass is 10.2. The van der Waals surface area contributed by atoms with E-state index < -0.39 is 16.6 Å². The van der Waals surface area contributed by atoms with Gasteiger partial charge in [0.15, 0.2) is 5.16 Å². The molecule has 0 spiro atoms. The average Bonchev–Trinajstić information content (AvgIpc) is 2.70. The Hall–Kier alpha value is -2.62. The minimum absolute atomic E-state index is 0.183. The molecule has 0 bridgehead atoms. The van der Waals surface area contributed by atoms with Crippen LogP contribution in [-0.4, -0.2) is 30.8 Å². The largest absolute Gasteiger partial charge is 0.478 e. The summed E-state index contributed by atoms with van der Waals surface area (Å²) in [5, 5.41) is 26.0. The molecular formula is C10H8N4O5S. The van der Waals surface area contributed by atoms with E-state index in [0.717, 1.165) is 17.8 Å². The van der Waals surface area contributed by atoms with Crippen LogP contribution in [0.25, 0.3) is 0 Å². The maximum Gasteiger partial charge on any atom is 0.343 e. The van der Waals surface area contributed by atoms with Crippen LogP contribution < -0.4 is 5.69 Å². The van der Waals surface area contributed by atoms with Crippen molar-refractivity contribution < 1.29 is 14.8 Å². The van der Waals surface area contributed by atoms with Crippen molar-refractivity contribution in [2.45, 2.75) is 10.1 Å². The Labute approximate surface area is 115 Å². The standard InChI is InChI=1S/C10H8N4O5S/c1-13-9(17)11-12-10(13)20-7-3-2-5(8(15)16)4-6(7)14(18)19/h2-4H,1H3,(H,11,17)(H,15,16). The first kappa shape index (κ1) is 13.8. The van der Waals surface area contributed by atoms with E-state index in [1.807, 2.05) is 0 Å². The summed E-state index contributed by atoms with van der Waals surface area (Å²) in [6.45, 7) is 0. The second-order valence-electron chi connectivity index (χ2n) is 3.72. The predicted molar refractivity (Wildman–Crippen MR) is 68.0 cm³/mol. The van der Waals surface area contributed by atoms with Gasteiger partial charge in [0.2, 0.25) is 0 Å². The van der Waals surface area contributed by atoms with E-state index in [1.54, 1.807) is 0 Å². The van der Waals surface area contributed by atoms with Crippen molar-refractivity contribution in [3.63, 3.8) is 0 Å². The monoisotopic (exact) mass is 296 g/mol. The molecule has 0 aliphatic carbocycles. The number of hydrogen-bond acceptors (Lipinski definition) is 6. The molecule has 1 heterocycles. The lowest BCUT2D eigenvalue weighted by Gasteiger charge is -2.03. The summed E-state index contributed by atoms with van der Waals surface area (Å²) < 4.78 is 1.19. The molecule has 2 aromatic rings. The molecule has 0 atom stereocenters. The van der Waals surface area contributed by atoms with Gasteiger partial charge in [-0.2, -0.15) is 0 Å². The molecule has 0 radical (unpaired) electrons. The molecule has 0 saturated heterocycles. The van der Waals surface area contributed by atoms with Crippen LogP contribution in [0.15, 0.2) is 33.0 Å². The number of aromatic carboxylic acids is 1. The number of nitro groups is 1. The van der Waals surface area contributed by atoms with Gasteiger partial charge in [-0.15, -0.1) is 5.10 Å². The fraction of sp³-hybridized carbons (Fsp3) is 0.100. The SMILES string of the molecule is Cn1c(Sc2ccc(C(=O)O)cc2[N+](=O)[O-])n[nH]c1=O. The molecule has 10 heteroatoms. The van der Waals surface area contributed by atoms with E-state index in [1.165, 1.54) is 23.7 Å². The molecule has 0 unspecified atom stereocenters. The quantitative estimate of drug-likeness (QED) is 0.632. The molecule has 9 nitrogen and oxygen atoms in total. The number of nitrogens with one attached hydrogen (secondary N) is 1. The minimum atomic E-state index is -1.25. The highest BCUT2D eigenvalue weighted by atomic mass is 32.2. The Bertz CT molecular complexity index is 750. The molecule has 0 amide bonds. The number of H-pyrrole nitrogens is 1. The van der Waals surface area contributed by atoms with E-state index in [2.05, 4.69) is 10.2 Å². The number of nitrogens with zero attached hydrogens (tertiary/aromatic N) is 3. The van der Waals surface area contributed by atoms with Gasteiger partial charge in [0.1, 0.15) is 0 Å². The first-order valence-corrected chi connectivity index (χ1v) is 6.03. The third kappa shape index (κ3) is 2.54. The number of rotatable bonds is 4. The summed E-state index contributed by atoms with van der Waals surface area (Å²) >= 11 is 0.896. The fourth-order valence-electron chi connectivity index (χ4n) is 1.40. The number of aromatic amines is 1. The Balaban J connectivity index is 2.46. The minimum Gasteiger partial charge on any atom is -0.478 e. The average molecular weight is 296 g/mol. The Morgan fingerprint density at radius 2 is 2.25 bits per heavy atom. The van der Waals surface area contributed by atoms with Crippen LogP contribution in [0.2, 0.25) is 0 Å². The molecule has 0 aliphatic rings. The number of carboxylic acids is 1. The smallest absolute Gasteiger partial charge is 0.343 e. The van der Waals surface area contributed by atoms with E-state index in [4.69, 9.17) is 5.11 Å². The van der Waals surface area contributed by atoms with Crippen molar-refractivity contribution in [1.82, 2.24) is 14.8 Å². The highest BCUT2D eigenvalue weighted by Gasteiger charge is 2.20. The second kappa shape index (κ2) is 5.17. The predicted octanol–water partition coefficient (Wildman–Crippen LogP) is 0.866. The van der Waals surface area contributed by atoms with Gasteiger partial charge < -0.3 is 5.11 Å². The molecule has 2 rings (SSSR count). The first-order valence-electron chi connectivity index (χ1n) is 5.21. The van der Waals surface area contributed by atoms with Gasteiger partial charge in [-0.1, -0.05) is 0 Å². The normalized spacial score (nSPS) is 10.4. The number of benzene rings is 1. The number of hydrogen-bond donors (Lipinski definition) is 2. The molecule has 1 aromatic heterocycles. The van der Waals surface area contributed by atoms with Crippen molar-refractivity contribution in [2.24, 2.45) is 7.05 Å². The maximum absolute atomic E-state index is 11.2. The molecule has 20 heavy (non-hydrogen) atoms. The zero-order valence-corrected chi connectivity index (χ0v) is 10.9. The van der Waals surface area contributed by atoms with Crippen molar-refractivity contribution >= 4 is 23.4 Å². The maximum atomic E-state index is 11.2. The van der Waals surface area contributed by atoms with E-state index in [9.17, 15) is 19.7 Å². The summed E-state index contributed by atoms with van der Waals surface area (Å²) in [5.41, 5.74) is -0.986. The fourth-order valence-corrected chi connectivity index (χ4v) is 2.28. The highest BCUT2D eigenvalue weighted by Crippen LogP contribution is 2.33. The van der Waals surface area contributed by atoms with Crippen LogP contribution in [0.5, 0.6) is 0 Å². The number of carbonyl (C=O) groups is 1. The second-order valence-corrected chi connectivity index (χ2v) is 4.73. The lowest BCUT2D eigenvalue weighted by molar-refractivity contribution is -0.387. The van der Waals surface area contributed by atoms with Crippen LogP contribution in [-0.2, 0) is 7.05 Å². The molecule has 104 valence electrons. The van der Waals surface area contributed by atoms with Crippen LogP contribution in [0.1, 0.15) is 10.4 Å². The van der Waals surface area contributed by atoms with Gasteiger partial charge in [-0.25, -0.2) is 14.7 Å². The molecule has 2 N–H and O–H groups in total. The van der Waals surface area contributed by atoms with E-state index in [-0.39, 0.29) is 21.3 Å². The third-order valence-electron chi connectivity index (χ3n) is 2.44. The summed E-state index contributed by atoms with van der Waals surface area (Å²) in [4.78, 5) is 32.5. The Kier molecular flexibility index (Phi) is 3.57. The topological polar surface area (TPSA) is 131 Å². The van der Waals surface area contributed by atoms with Gasteiger partial charge in [-0.3, -0.25) is 14.7 Å². The summed E-state index contributed by atoms with van der Waals surface area (Å²) in [6, 6.07) is 3.53. The van der Waals surface area contributed by atoms with Crippen molar-refractivity contribution in [1.29, 1.82) is 0 Å². The zero-order chi connectivity index (χ0) is 14.9. The van der Waals surface area contributed by atoms with Gasteiger partial charge in [0.05, 0.1) is 15.4 Å². The third-order valence-corrected chi connectivity index (χ3v) is 3.56. The molecular weight excluding hydrogens is 288 g/mol. The molecule has 0 saturated carbocycles. The summed E-state index contributed by atoms with van der Waals surface area (Å²) in [6.07, 6.45) is 0. The van der Waals surface area contributed by atoms with Crippen LogP contribution >= 0.6 is 11.8 Å². The first-order chi connectivity index (χ1) is 9.40. The van der Waals surface area contributed by atoms with E-state index in [0.29, 0.717) is 0 Å². The zero-order valence-electron chi connectivity index (χ0n) is 10.1. The highest BCUT2D eigenvalue weighted by molar-refractivity contribution is 7.99. The molecule has 0 aliphatic heterocycles. The van der Waals surface area contributed by atoms with Crippen LogP contribution in [0.4, 0.5) is 5.69 Å². The summed E-state index contributed by atoms with van der Waals surface area (Å²) in [7, 11) is 1.46. The van der Waals surface area contributed by atoms with Gasteiger partial charge in [0, 0.05) is 13.1 Å². The lowest BCUT2D eigenvalue weighted by Crippen LogP contribution is -2.12. The number of aromatic nitrogens is 3. The number of nitro benzene ring substituents is 1. The van der Waals surface area contributed by atoms with Crippen molar-refractivity contribution in [2.75, 3.05) is 0 Å². The van der Waals surface area contributed by atoms with Gasteiger partial charge in [0.25, 0.3) is 5.69 Å². The molecule has 0 fully saturated rings. The van der Waals surface area contributed by atoms with Gasteiger partial charge >= 0.3 is 11.7 Å². The van der Waals surface area contributed by atoms with Crippen LogP contribution in [0.3, 0.4) is 0 Å². The van der Waals surface area contributed by atoms with Crippen molar-refractivity contribution in [3.8, 4) is 0 Å². The molecule has 1 aromatic carbocycles.